The van der Waals surface area contributed by atoms with Gasteiger partial charge < -0.3 is 24.3 Å². The third kappa shape index (κ3) is 6.82. The summed E-state index contributed by atoms with van der Waals surface area (Å²) in [7, 11) is -1.56. The summed E-state index contributed by atoms with van der Waals surface area (Å²) in [5.41, 5.74) is 3.68. The zero-order valence-electron chi connectivity index (χ0n) is 23.1. The number of anilines is 1. The van der Waals surface area contributed by atoms with E-state index in [-0.39, 0.29) is 17.9 Å². The molecule has 0 bridgehead atoms. The highest BCUT2D eigenvalue weighted by molar-refractivity contribution is 7.89. The number of hydrogen-bond donors (Lipinski definition) is 1. The second kappa shape index (κ2) is 10.5. The molecular formula is C27H37N5O5S. The minimum atomic E-state index is -3.25. The number of aromatic nitrogens is 3. The molecule has 1 aliphatic heterocycles. The molecule has 0 spiro atoms. The van der Waals surface area contributed by atoms with E-state index in [0.29, 0.717) is 42.5 Å². The number of ether oxygens (including phenoxy) is 2. The molecule has 4 heterocycles. The van der Waals surface area contributed by atoms with Gasteiger partial charge in [-0.15, -0.1) is 0 Å². The van der Waals surface area contributed by atoms with Crippen LogP contribution in [0.2, 0.25) is 0 Å². The van der Waals surface area contributed by atoms with E-state index in [0.717, 1.165) is 16.7 Å². The Morgan fingerprint density at radius 2 is 1.92 bits per heavy atom. The van der Waals surface area contributed by atoms with Gasteiger partial charge in [-0.3, -0.25) is 0 Å². The van der Waals surface area contributed by atoms with E-state index in [9.17, 15) is 13.2 Å². The number of morpholine rings is 1. The standard InChI is InChI=1S/C27H37N5O5S/c1-17-18(2)36-11-10-32(17)25-13-19(16-38(7,34)35)12-23(30-25)22-9-8-21-24(29-22)14-20(28-21)15-31(6)26(33)37-27(3,4)5/h8-9,12-14,17-18,28H,10-11,15-16H2,1-7H3/t17-,18-/m1/s1. The zero-order chi connectivity index (χ0) is 27.8. The summed E-state index contributed by atoms with van der Waals surface area (Å²) in [5.74, 6) is 0.622. The second-order valence-electron chi connectivity index (χ2n) is 11.1. The topological polar surface area (TPSA) is 118 Å². The first-order valence-electron chi connectivity index (χ1n) is 12.7. The normalized spacial score (nSPS) is 18.6. The summed E-state index contributed by atoms with van der Waals surface area (Å²) >= 11 is 0. The number of aromatic amines is 1. The number of H-pyrrole nitrogens is 1. The molecule has 1 saturated heterocycles. The van der Waals surface area contributed by atoms with Crippen LogP contribution in [0.15, 0.2) is 30.3 Å². The van der Waals surface area contributed by atoms with Crippen LogP contribution in [0.5, 0.6) is 0 Å². The van der Waals surface area contributed by atoms with Gasteiger partial charge in [-0.25, -0.2) is 23.2 Å². The Labute approximate surface area is 224 Å². The first-order chi connectivity index (χ1) is 17.7. The van der Waals surface area contributed by atoms with E-state index in [1.165, 1.54) is 11.2 Å². The molecule has 3 aromatic rings. The molecule has 11 heteroatoms. The van der Waals surface area contributed by atoms with Crippen molar-refractivity contribution in [3.8, 4) is 11.4 Å². The Balaban J connectivity index is 1.66. The smallest absolute Gasteiger partial charge is 0.410 e. The van der Waals surface area contributed by atoms with Crippen LogP contribution >= 0.6 is 0 Å². The lowest BCUT2D eigenvalue weighted by Gasteiger charge is -2.39. The molecule has 2 atom stereocenters. The maximum Gasteiger partial charge on any atom is 0.410 e. The number of nitrogens with one attached hydrogen (secondary N) is 1. The summed E-state index contributed by atoms with van der Waals surface area (Å²) in [6, 6.07) is 9.39. The fourth-order valence-corrected chi connectivity index (χ4v) is 5.22. The molecule has 0 aromatic carbocycles. The summed E-state index contributed by atoms with van der Waals surface area (Å²) < 4.78 is 35.5. The monoisotopic (exact) mass is 543 g/mol. The van der Waals surface area contributed by atoms with E-state index in [2.05, 4.69) is 16.8 Å². The quantitative estimate of drug-likeness (QED) is 0.493. The van der Waals surface area contributed by atoms with Crippen molar-refractivity contribution < 1.29 is 22.7 Å². The van der Waals surface area contributed by atoms with Gasteiger partial charge >= 0.3 is 6.09 Å². The van der Waals surface area contributed by atoms with Gasteiger partial charge in [0.15, 0.2) is 9.84 Å². The zero-order valence-corrected chi connectivity index (χ0v) is 23.9. The molecule has 10 nitrogen and oxygen atoms in total. The average molecular weight is 544 g/mol. The molecule has 1 amide bonds. The van der Waals surface area contributed by atoms with Crippen molar-refractivity contribution in [1.29, 1.82) is 0 Å². The van der Waals surface area contributed by atoms with Crippen molar-refractivity contribution in [2.75, 3.05) is 31.4 Å². The van der Waals surface area contributed by atoms with Crippen molar-refractivity contribution >= 4 is 32.8 Å². The molecule has 3 aromatic heterocycles. The maximum atomic E-state index is 12.4. The lowest BCUT2D eigenvalue weighted by Crippen LogP contribution is -2.49. The molecule has 1 aliphatic rings. The van der Waals surface area contributed by atoms with Gasteiger partial charge in [0, 0.05) is 25.5 Å². The van der Waals surface area contributed by atoms with Crippen molar-refractivity contribution in [3.63, 3.8) is 0 Å². The van der Waals surface area contributed by atoms with Crippen LogP contribution in [0.1, 0.15) is 45.9 Å². The molecule has 206 valence electrons. The Kier molecular flexibility index (Phi) is 7.72. The summed E-state index contributed by atoms with van der Waals surface area (Å²) in [5, 5.41) is 0. The summed E-state index contributed by atoms with van der Waals surface area (Å²) in [6.07, 6.45) is 0.849. The molecular weight excluding hydrogens is 506 g/mol. The van der Waals surface area contributed by atoms with E-state index in [4.69, 9.17) is 19.4 Å². The van der Waals surface area contributed by atoms with Gasteiger partial charge in [0.1, 0.15) is 11.4 Å². The van der Waals surface area contributed by atoms with Crippen LogP contribution in [-0.4, -0.2) is 78.6 Å². The number of fused-ring (bicyclic) bond motifs is 1. The molecule has 0 radical (unpaired) electrons. The third-order valence-corrected chi connectivity index (χ3v) is 7.24. The van der Waals surface area contributed by atoms with Crippen LogP contribution in [0.4, 0.5) is 10.6 Å². The summed E-state index contributed by atoms with van der Waals surface area (Å²) in [6.45, 7) is 11.2. The van der Waals surface area contributed by atoms with E-state index in [1.54, 1.807) is 13.1 Å². The van der Waals surface area contributed by atoms with Gasteiger partial charge in [-0.2, -0.15) is 0 Å². The number of carbonyl (C=O) groups excluding carboxylic acids is 1. The van der Waals surface area contributed by atoms with Crippen LogP contribution in [-0.2, 0) is 31.6 Å². The maximum absolute atomic E-state index is 12.4. The van der Waals surface area contributed by atoms with Crippen LogP contribution in [0, 0.1) is 0 Å². The molecule has 1 N–H and O–H groups in total. The van der Waals surface area contributed by atoms with Crippen molar-refractivity contribution in [2.45, 2.75) is 64.7 Å². The number of sulfone groups is 1. The van der Waals surface area contributed by atoms with Crippen molar-refractivity contribution in [3.05, 3.63) is 41.6 Å². The molecule has 0 unspecified atom stereocenters. The fourth-order valence-electron chi connectivity index (χ4n) is 4.44. The van der Waals surface area contributed by atoms with Crippen LogP contribution in [0.25, 0.3) is 22.4 Å². The van der Waals surface area contributed by atoms with Crippen LogP contribution in [0.3, 0.4) is 0 Å². The predicted molar refractivity (Wildman–Crippen MR) is 148 cm³/mol. The Morgan fingerprint density at radius 1 is 1.18 bits per heavy atom. The highest BCUT2D eigenvalue weighted by Crippen LogP contribution is 2.28. The largest absolute Gasteiger partial charge is 0.444 e. The van der Waals surface area contributed by atoms with Gasteiger partial charge in [0.25, 0.3) is 0 Å². The summed E-state index contributed by atoms with van der Waals surface area (Å²) in [4.78, 5) is 29.0. The van der Waals surface area contributed by atoms with Crippen molar-refractivity contribution in [1.82, 2.24) is 19.9 Å². The minimum Gasteiger partial charge on any atom is -0.444 e. The first-order valence-corrected chi connectivity index (χ1v) is 14.7. The Bertz CT molecular complexity index is 1430. The van der Waals surface area contributed by atoms with Crippen molar-refractivity contribution in [2.24, 2.45) is 0 Å². The highest BCUT2D eigenvalue weighted by Gasteiger charge is 2.27. The SMILES string of the molecule is C[C@@H]1[C@@H](C)OCCN1c1cc(CS(C)(=O)=O)cc(-c2ccc3[nH]c(CN(C)C(=O)OC(C)(C)C)cc3n2)n1. The average Bonchev–Trinajstić information content (AvgIpc) is 3.19. The van der Waals surface area contributed by atoms with Gasteiger partial charge in [0.2, 0.25) is 0 Å². The second-order valence-corrected chi connectivity index (χ2v) is 13.2. The van der Waals surface area contributed by atoms with E-state index in [1.807, 2.05) is 52.0 Å². The molecule has 0 aliphatic carbocycles. The third-order valence-electron chi connectivity index (χ3n) is 6.38. The number of hydrogen-bond acceptors (Lipinski definition) is 8. The lowest BCUT2D eigenvalue weighted by molar-refractivity contribution is 0.0279. The number of carbonyl (C=O) groups is 1. The lowest BCUT2D eigenvalue weighted by atomic mass is 10.1. The van der Waals surface area contributed by atoms with Gasteiger partial charge in [-0.05, 0) is 70.5 Å². The predicted octanol–water partition coefficient (Wildman–Crippen LogP) is 4.15. The highest BCUT2D eigenvalue weighted by atomic mass is 32.2. The Hall–Kier alpha value is -3.18. The number of pyridine rings is 2. The molecule has 4 rings (SSSR count). The minimum absolute atomic E-state index is 0.0270. The van der Waals surface area contributed by atoms with Gasteiger partial charge in [0.05, 0.1) is 53.5 Å². The van der Waals surface area contributed by atoms with Gasteiger partial charge in [-0.1, -0.05) is 0 Å². The number of nitrogens with zero attached hydrogens (tertiary/aromatic N) is 4. The van der Waals surface area contributed by atoms with Crippen LogP contribution < -0.4 is 4.90 Å². The fraction of sp³-hybridized carbons (Fsp3) is 0.519. The number of amides is 1. The molecule has 1 fully saturated rings. The van der Waals surface area contributed by atoms with E-state index >= 15 is 0 Å². The van der Waals surface area contributed by atoms with E-state index < -0.39 is 21.5 Å². The molecule has 38 heavy (non-hydrogen) atoms. The molecule has 0 saturated carbocycles. The number of rotatable bonds is 6. The first kappa shape index (κ1) is 27.8. The Morgan fingerprint density at radius 3 is 2.61 bits per heavy atom.